The lowest BCUT2D eigenvalue weighted by molar-refractivity contribution is -0.137. The fourth-order valence-electron chi connectivity index (χ4n) is 1.56. The van der Waals surface area contributed by atoms with Crippen molar-refractivity contribution in [3.05, 3.63) is 30.1 Å². The summed E-state index contributed by atoms with van der Waals surface area (Å²) in [5.74, 6) is -0.419. The predicted octanol–water partition coefficient (Wildman–Crippen LogP) is -0.0920. The van der Waals surface area contributed by atoms with Crippen LogP contribution in [0.25, 0.3) is 0 Å². The minimum Gasteiger partial charge on any atom is -0.344 e. The van der Waals surface area contributed by atoms with Gasteiger partial charge < -0.3 is 5.32 Å². The first-order chi connectivity index (χ1) is 8.25. The number of carbonyl (C=O) groups is 2. The van der Waals surface area contributed by atoms with Gasteiger partial charge in [0, 0.05) is 18.8 Å². The number of hydrogen-bond donors (Lipinski definition) is 2. The average molecular weight is 235 g/mol. The molecule has 0 spiro atoms. The average Bonchev–Trinajstić information content (AvgIpc) is 2.77. The van der Waals surface area contributed by atoms with E-state index in [0.717, 1.165) is 5.56 Å². The van der Waals surface area contributed by atoms with E-state index in [1.165, 1.54) is 0 Å². The standard InChI is InChI=1S/C11H13N3O3/c15-10-4-3-9(13-10)11(16)14-17-7-8-2-1-5-12-6-8/h1-2,5-6,9H,3-4,7H2,(H,13,15)(H,14,16)/t9-/m0/s1. The van der Waals surface area contributed by atoms with Gasteiger partial charge >= 0.3 is 0 Å². The lowest BCUT2D eigenvalue weighted by atomic mass is 10.2. The quantitative estimate of drug-likeness (QED) is 0.715. The summed E-state index contributed by atoms with van der Waals surface area (Å²) in [5, 5.41) is 2.56. The smallest absolute Gasteiger partial charge is 0.266 e. The van der Waals surface area contributed by atoms with E-state index in [-0.39, 0.29) is 18.4 Å². The monoisotopic (exact) mass is 235 g/mol. The summed E-state index contributed by atoms with van der Waals surface area (Å²) in [6.45, 7) is 0.250. The molecule has 2 rings (SSSR count). The molecule has 0 unspecified atom stereocenters. The molecule has 0 aromatic carbocycles. The molecule has 1 aliphatic heterocycles. The van der Waals surface area contributed by atoms with Crippen molar-refractivity contribution in [1.29, 1.82) is 0 Å². The topological polar surface area (TPSA) is 80.3 Å². The molecule has 0 radical (unpaired) electrons. The molecule has 6 heteroatoms. The molecule has 90 valence electrons. The van der Waals surface area contributed by atoms with Gasteiger partial charge in [0.05, 0.1) is 0 Å². The molecule has 1 fully saturated rings. The minimum atomic E-state index is -0.476. The zero-order valence-corrected chi connectivity index (χ0v) is 9.18. The normalized spacial score (nSPS) is 18.8. The molecular weight excluding hydrogens is 222 g/mol. The number of nitrogens with one attached hydrogen (secondary N) is 2. The number of pyridine rings is 1. The molecule has 2 N–H and O–H groups in total. The molecule has 1 aromatic rings. The summed E-state index contributed by atoms with van der Waals surface area (Å²) < 4.78 is 0. The maximum Gasteiger partial charge on any atom is 0.266 e. The molecular formula is C11H13N3O3. The first kappa shape index (κ1) is 11.5. The van der Waals surface area contributed by atoms with E-state index in [1.54, 1.807) is 18.5 Å². The van der Waals surface area contributed by atoms with Crippen molar-refractivity contribution in [3.63, 3.8) is 0 Å². The highest BCUT2D eigenvalue weighted by molar-refractivity contribution is 5.90. The first-order valence-electron chi connectivity index (χ1n) is 5.35. The van der Waals surface area contributed by atoms with Gasteiger partial charge in [-0.05, 0) is 18.1 Å². The Hall–Kier alpha value is -1.95. The highest BCUT2D eigenvalue weighted by Gasteiger charge is 2.27. The summed E-state index contributed by atoms with van der Waals surface area (Å²) in [6, 6.07) is 3.16. The Balaban J connectivity index is 1.72. The van der Waals surface area contributed by atoms with Gasteiger partial charge in [-0.25, -0.2) is 5.48 Å². The van der Waals surface area contributed by atoms with Crippen LogP contribution < -0.4 is 10.8 Å². The highest BCUT2D eigenvalue weighted by Crippen LogP contribution is 2.06. The van der Waals surface area contributed by atoms with E-state index in [1.807, 2.05) is 6.07 Å². The summed E-state index contributed by atoms with van der Waals surface area (Å²) in [6.07, 6.45) is 4.22. The van der Waals surface area contributed by atoms with Crippen molar-refractivity contribution in [3.8, 4) is 0 Å². The van der Waals surface area contributed by atoms with Crippen molar-refractivity contribution in [2.24, 2.45) is 0 Å². The lowest BCUT2D eigenvalue weighted by Crippen LogP contribution is -2.41. The SMILES string of the molecule is O=C1CC[C@@H](C(=O)NOCc2cccnc2)N1. The third-order valence-corrected chi connectivity index (χ3v) is 2.45. The molecule has 0 bridgehead atoms. The van der Waals surface area contributed by atoms with Gasteiger partial charge in [0.25, 0.3) is 5.91 Å². The minimum absolute atomic E-state index is 0.0996. The van der Waals surface area contributed by atoms with Gasteiger partial charge in [0.1, 0.15) is 12.6 Å². The van der Waals surface area contributed by atoms with Crippen LogP contribution in [-0.2, 0) is 21.0 Å². The zero-order valence-electron chi connectivity index (χ0n) is 9.18. The number of aromatic nitrogens is 1. The molecule has 2 amide bonds. The second-order valence-corrected chi connectivity index (χ2v) is 3.78. The zero-order chi connectivity index (χ0) is 12.1. The Morgan fingerprint density at radius 2 is 2.53 bits per heavy atom. The Bertz CT molecular complexity index is 408. The second kappa shape index (κ2) is 5.40. The lowest BCUT2D eigenvalue weighted by Gasteiger charge is -2.10. The predicted molar refractivity (Wildman–Crippen MR) is 58.3 cm³/mol. The van der Waals surface area contributed by atoms with Gasteiger partial charge in [0.15, 0.2) is 0 Å². The fourth-order valence-corrected chi connectivity index (χ4v) is 1.56. The van der Waals surface area contributed by atoms with Crippen molar-refractivity contribution in [1.82, 2.24) is 15.8 Å². The molecule has 2 heterocycles. The molecule has 6 nitrogen and oxygen atoms in total. The third-order valence-electron chi connectivity index (χ3n) is 2.45. The Morgan fingerprint density at radius 1 is 1.65 bits per heavy atom. The van der Waals surface area contributed by atoms with E-state index >= 15 is 0 Å². The van der Waals surface area contributed by atoms with Crippen LogP contribution in [0.1, 0.15) is 18.4 Å². The van der Waals surface area contributed by atoms with E-state index in [2.05, 4.69) is 15.8 Å². The molecule has 1 atom stereocenters. The van der Waals surface area contributed by atoms with Gasteiger partial charge in [-0.15, -0.1) is 0 Å². The molecule has 0 aliphatic carbocycles. The number of rotatable bonds is 4. The maximum absolute atomic E-state index is 11.5. The summed E-state index contributed by atoms with van der Waals surface area (Å²) in [5.41, 5.74) is 3.18. The second-order valence-electron chi connectivity index (χ2n) is 3.78. The van der Waals surface area contributed by atoms with Gasteiger partial charge in [-0.2, -0.15) is 0 Å². The van der Waals surface area contributed by atoms with Crippen LogP contribution in [0.15, 0.2) is 24.5 Å². The number of nitrogens with zero attached hydrogens (tertiary/aromatic N) is 1. The number of hydroxylamine groups is 1. The maximum atomic E-state index is 11.5. The van der Waals surface area contributed by atoms with Gasteiger partial charge in [-0.3, -0.25) is 19.4 Å². The van der Waals surface area contributed by atoms with Crippen LogP contribution in [0.5, 0.6) is 0 Å². The summed E-state index contributed by atoms with van der Waals surface area (Å²) in [7, 11) is 0. The van der Waals surface area contributed by atoms with Crippen molar-refractivity contribution in [2.75, 3.05) is 0 Å². The Labute approximate surface area is 98.3 Å². The highest BCUT2D eigenvalue weighted by atomic mass is 16.6. The largest absolute Gasteiger partial charge is 0.344 e. The Morgan fingerprint density at radius 3 is 3.18 bits per heavy atom. The van der Waals surface area contributed by atoms with Crippen LogP contribution in [0.4, 0.5) is 0 Å². The van der Waals surface area contributed by atoms with E-state index in [0.29, 0.717) is 12.8 Å². The first-order valence-corrected chi connectivity index (χ1v) is 5.35. The molecule has 17 heavy (non-hydrogen) atoms. The third kappa shape index (κ3) is 3.25. The number of hydrogen-bond acceptors (Lipinski definition) is 4. The molecule has 0 saturated carbocycles. The van der Waals surface area contributed by atoms with E-state index in [4.69, 9.17) is 4.84 Å². The number of carbonyl (C=O) groups excluding carboxylic acids is 2. The van der Waals surface area contributed by atoms with Gasteiger partial charge in [0.2, 0.25) is 5.91 Å². The van der Waals surface area contributed by atoms with Crippen molar-refractivity contribution in [2.45, 2.75) is 25.5 Å². The Kier molecular flexibility index (Phi) is 3.66. The van der Waals surface area contributed by atoms with Crippen LogP contribution in [0, 0.1) is 0 Å². The fraction of sp³-hybridized carbons (Fsp3) is 0.364. The molecule has 1 saturated heterocycles. The number of amides is 2. The molecule has 1 aromatic heterocycles. The van der Waals surface area contributed by atoms with Crippen molar-refractivity contribution < 1.29 is 14.4 Å². The van der Waals surface area contributed by atoms with Crippen LogP contribution in [0.3, 0.4) is 0 Å². The van der Waals surface area contributed by atoms with Crippen LogP contribution >= 0.6 is 0 Å². The van der Waals surface area contributed by atoms with E-state index < -0.39 is 6.04 Å². The summed E-state index contributed by atoms with van der Waals surface area (Å²) >= 11 is 0. The summed E-state index contributed by atoms with van der Waals surface area (Å²) in [4.78, 5) is 31.4. The van der Waals surface area contributed by atoms with Crippen LogP contribution in [-0.4, -0.2) is 22.8 Å². The van der Waals surface area contributed by atoms with Crippen LogP contribution in [0.2, 0.25) is 0 Å². The molecule has 1 aliphatic rings. The van der Waals surface area contributed by atoms with E-state index in [9.17, 15) is 9.59 Å². The van der Waals surface area contributed by atoms with Gasteiger partial charge in [-0.1, -0.05) is 6.07 Å². The van der Waals surface area contributed by atoms with Crippen molar-refractivity contribution >= 4 is 11.8 Å².